The Hall–Kier alpha value is -1.18. The van der Waals surface area contributed by atoms with Crippen LogP contribution in [0.15, 0.2) is 0 Å². The summed E-state index contributed by atoms with van der Waals surface area (Å²) in [5.41, 5.74) is -0.0711. The standard InChI is InChI=1S/C19H34N2O3.CH2O2/c1-17(2)8-14(9-18(3,4)20-17)7-16(23)21-10-15-5-6-24-13-19(15,11-21)12-22;2-1-3/h14-15,20,22H,5-13H2,1-4H3;1H,(H,2,3)/t15-,19+;/m0./s1. The molecule has 3 N–H and O–H groups in total. The summed E-state index contributed by atoms with van der Waals surface area (Å²) in [6.07, 6.45) is 3.66. The van der Waals surface area contributed by atoms with Crippen LogP contribution >= 0.6 is 0 Å². The first-order valence-electron chi connectivity index (χ1n) is 9.90. The van der Waals surface area contributed by atoms with E-state index in [0.717, 1.165) is 32.4 Å². The molecule has 3 saturated heterocycles. The third-order valence-corrected chi connectivity index (χ3v) is 6.22. The summed E-state index contributed by atoms with van der Waals surface area (Å²) in [5, 5.41) is 20.5. The molecule has 156 valence electrons. The molecule has 0 bridgehead atoms. The molecule has 7 nitrogen and oxygen atoms in total. The van der Waals surface area contributed by atoms with Crippen LogP contribution in [0.4, 0.5) is 0 Å². The Morgan fingerprint density at radius 2 is 1.85 bits per heavy atom. The molecule has 3 aliphatic heterocycles. The lowest BCUT2D eigenvalue weighted by molar-refractivity contribution is -0.132. The molecule has 27 heavy (non-hydrogen) atoms. The zero-order valence-electron chi connectivity index (χ0n) is 17.2. The minimum Gasteiger partial charge on any atom is -0.483 e. The second kappa shape index (κ2) is 8.45. The second-order valence-corrected chi connectivity index (χ2v) is 9.81. The number of likely N-dealkylation sites (tertiary alicyclic amines) is 1. The van der Waals surface area contributed by atoms with E-state index in [0.29, 0.717) is 31.4 Å². The van der Waals surface area contributed by atoms with Gasteiger partial charge in [-0.15, -0.1) is 0 Å². The van der Waals surface area contributed by atoms with Gasteiger partial charge in [-0.1, -0.05) is 0 Å². The molecule has 0 unspecified atom stereocenters. The lowest BCUT2D eigenvalue weighted by atomic mass is 9.74. The van der Waals surface area contributed by atoms with Crippen LogP contribution in [0.3, 0.4) is 0 Å². The number of aliphatic hydroxyl groups is 1. The molecular formula is C20H36N2O5. The highest BCUT2D eigenvalue weighted by Crippen LogP contribution is 2.42. The average molecular weight is 385 g/mol. The minimum atomic E-state index is -0.250. The van der Waals surface area contributed by atoms with Crippen LogP contribution in [-0.2, 0) is 14.3 Å². The van der Waals surface area contributed by atoms with Gasteiger partial charge >= 0.3 is 0 Å². The van der Waals surface area contributed by atoms with Gasteiger partial charge in [-0.3, -0.25) is 9.59 Å². The Balaban J connectivity index is 0.000000817. The Labute approximate surface area is 162 Å². The highest BCUT2D eigenvalue weighted by Gasteiger charge is 2.49. The number of rotatable bonds is 3. The van der Waals surface area contributed by atoms with Gasteiger partial charge in [0.05, 0.1) is 13.2 Å². The van der Waals surface area contributed by atoms with Crippen molar-refractivity contribution in [3.8, 4) is 0 Å². The van der Waals surface area contributed by atoms with Gasteiger partial charge < -0.3 is 25.2 Å². The highest BCUT2D eigenvalue weighted by molar-refractivity contribution is 5.77. The van der Waals surface area contributed by atoms with Gasteiger partial charge in [-0.2, -0.15) is 0 Å². The summed E-state index contributed by atoms with van der Waals surface area (Å²) >= 11 is 0. The molecule has 3 fully saturated rings. The molecule has 0 spiro atoms. The van der Waals surface area contributed by atoms with Crippen molar-refractivity contribution in [1.29, 1.82) is 0 Å². The number of hydrogen-bond donors (Lipinski definition) is 3. The molecule has 7 heteroatoms. The van der Waals surface area contributed by atoms with Gasteiger partial charge in [0.15, 0.2) is 0 Å². The van der Waals surface area contributed by atoms with Gasteiger partial charge in [-0.25, -0.2) is 0 Å². The lowest BCUT2D eigenvalue weighted by Gasteiger charge is -2.46. The van der Waals surface area contributed by atoms with Gasteiger partial charge in [0, 0.05) is 42.6 Å². The Morgan fingerprint density at radius 3 is 2.37 bits per heavy atom. The lowest BCUT2D eigenvalue weighted by Crippen LogP contribution is -2.58. The first kappa shape index (κ1) is 22.1. The molecule has 0 radical (unpaired) electrons. The number of carboxylic acid groups (broad SMARTS) is 1. The molecule has 0 saturated carbocycles. The Morgan fingerprint density at radius 1 is 1.26 bits per heavy atom. The first-order chi connectivity index (χ1) is 12.6. The number of carbonyl (C=O) groups excluding carboxylic acids is 1. The molecule has 0 aromatic carbocycles. The van der Waals surface area contributed by atoms with Crippen LogP contribution in [0.1, 0.15) is 53.4 Å². The van der Waals surface area contributed by atoms with E-state index in [1.54, 1.807) is 0 Å². The maximum absolute atomic E-state index is 12.9. The van der Waals surface area contributed by atoms with Crippen LogP contribution in [-0.4, -0.2) is 71.5 Å². The SMILES string of the molecule is CC1(C)CC(CC(=O)N2C[C@@H]3CCOC[C@]3(CO)C2)CC(C)(C)N1.O=CO. The van der Waals surface area contributed by atoms with Gasteiger partial charge in [0.2, 0.25) is 5.91 Å². The Bertz CT molecular complexity index is 520. The molecular weight excluding hydrogens is 348 g/mol. The molecule has 3 heterocycles. The topological polar surface area (TPSA) is 99.1 Å². The zero-order chi connectivity index (χ0) is 20.3. The molecule has 2 atom stereocenters. The van der Waals surface area contributed by atoms with Crippen molar-refractivity contribution in [2.45, 2.75) is 64.5 Å². The van der Waals surface area contributed by atoms with Crippen LogP contribution in [0.5, 0.6) is 0 Å². The maximum Gasteiger partial charge on any atom is 0.290 e. The van der Waals surface area contributed by atoms with Crippen molar-refractivity contribution < 1.29 is 24.5 Å². The van der Waals surface area contributed by atoms with Crippen molar-refractivity contribution in [2.75, 3.05) is 32.9 Å². The van der Waals surface area contributed by atoms with Gasteiger partial charge in [-0.05, 0) is 58.8 Å². The molecule has 0 aromatic heterocycles. The number of carbonyl (C=O) groups is 2. The van der Waals surface area contributed by atoms with Crippen molar-refractivity contribution in [3.05, 3.63) is 0 Å². The van der Waals surface area contributed by atoms with Crippen molar-refractivity contribution in [2.24, 2.45) is 17.3 Å². The summed E-state index contributed by atoms with van der Waals surface area (Å²) < 4.78 is 5.60. The summed E-state index contributed by atoms with van der Waals surface area (Å²) in [6.45, 7) is 11.6. The van der Waals surface area contributed by atoms with E-state index in [4.69, 9.17) is 14.6 Å². The summed E-state index contributed by atoms with van der Waals surface area (Å²) in [4.78, 5) is 23.3. The number of amides is 1. The number of ether oxygens (including phenoxy) is 1. The van der Waals surface area contributed by atoms with E-state index in [-0.39, 0.29) is 35.5 Å². The van der Waals surface area contributed by atoms with Crippen molar-refractivity contribution >= 4 is 12.4 Å². The summed E-state index contributed by atoms with van der Waals surface area (Å²) in [7, 11) is 0. The average Bonchev–Trinajstić information content (AvgIpc) is 2.93. The summed E-state index contributed by atoms with van der Waals surface area (Å²) in [5.74, 6) is 1.07. The van der Waals surface area contributed by atoms with Crippen molar-refractivity contribution in [1.82, 2.24) is 10.2 Å². The molecule has 0 aliphatic carbocycles. The van der Waals surface area contributed by atoms with E-state index >= 15 is 0 Å². The number of hydrogen-bond acceptors (Lipinski definition) is 5. The van der Waals surface area contributed by atoms with E-state index in [2.05, 4.69) is 33.0 Å². The molecule has 3 rings (SSSR count). The van der Waals surface area contributed by atoms with E-state index in [1.807, 2.05) is 4.90 Å². The van der Waals surface area contributed by atoms with E-state index in [1.165, 1.54) is 0 Å². The highest BCUT2D eigenvalue weighted by atomic mass is 16.5. The van der Waals surface area contributed by atoms with Crippen LogP contribution in [0.2, 0.25) is 0 Å². The molecule has 0 aromatic rings. The predicted octanol–water partition coefficient (Wildman–Crippen LogP) is 1.49. The number of nitrogens with zero attached hydrogens (tertiary/aromatic N) is 1. The third kappa shape index (κ3) is 5.42. The monoisotopic (exact) mass is 384 g/mol. The maximum atomic E-state index is 12.9. The number of nitrogens with one attached hydrogen (secondary N) is 1. The molecule has 3 aliphatic rings. The summed E-state index contributed by atoms with van der Waals surface area (Å²) in [6, 6.07) is 0. The first-order valence-corrected chi connectivity index (χ1v) is 9.90. The largest absolute Gasteiger partial charge is 0.483 e. The quantitative estimate of drug-likeness (QED) is 0.638. The van der Waals surface area contributed by atoms with Crippen LogP contribution in [0.25, 0.3) is 0 Å². The normalized spacial score (nSPS) is 32.2. The second-order valence-electron chi connectivity index (χ2n) is 9.81. The smallest absolute Gasteiger partial charge is 0.290 e. The third-order valence-electron chi connectivity index (χ3n) is 6.22. The van der Waals surface area contributed by atoms with Gasteiger partial charge in [0.25, 0.3) is 6.47 Å². The van der Waals surface area contributed by atoms with E-state index in [9.17, 15) is 9.90 Å². The van der Waals surface area contributed by atoms with Crippen molar-refractivity contribution in [3.63, 3.8) is 0 Å². The van der Waals surface area contributed by atoms with Gasteiger partial charge in [0.1, 0.15) is 0 Å². The molecule has 1 amide bonds. The zero-order valence-corrected chi connectivity index (χ0v) is 17.2. The van der Waals surface area contributed by atoms with Crippen LogP contribution in [0, 0.1) is 17.3 Å². The van der Waals surface area contributed by atoms with Crippen LogP contribution < -0.4 is 5.32 Å². The predicted molar refractivity (Wildman–Crippen MR) is 102 cm³/mol. The number of fused-ring (bicyclic) bond motifs is 1. The van der Waals surface area contributed by atoms with E-state index < -0.39 is 0 Å². The minimum absolute atomic E-state index is 0.0753. The Kier molecular flexibility index (Phi) is 6.92. The fourth-order valence-electron chi connectivity index (χ4n) is 5.56. The fourth-order valence-corrected chi connectivity index (χ4v) is 5.56. The fraction of sp³-hybridized carbons (Fsp3) is 0.900. The number of aliphatic hydroxyl groups excluding tert-OH is 1. The number of piperidine rings is 1.